The lowest BCUT2D eigenvalue weighted by Gasteiger charge is -2.41. The van der Waals surface area contributed by atoms with Crippen LogP contribution < -0.4 is 21.7 Å². The molecule has 7 heteroatoms. The second-order valence-corrected chi connectivity index (χ2v) is 7.79. The van der Waals surface area contributed by atoms with E-state index in [1.165, 1.54) is 5.56 Å². The molecule has 28 heavy (non-hydrogen) atoms. The number of aliphatic imine (C=N–C) groups is 2. The fourth-order valence-electron chi connectivity index (χ4n) is 3.50. The molecule has 0 saturated carbocycles. The maximum absolute atomic E-state index is 6.22. The second-order valence-electron chi connectivity index (χ2n) is 6.99. The molecule has 0 aromatic heterocycles. The van der Waals surface area contributed by atoms with E-state index in [9.17, 15) is 0 Å². The molecule has 5 N–H and O–H groups in total. The molecule has 6 nitrogen and oxygen atoms in total. The van der Waals surface area contributed by atoms with Gasteiger partial charge in [0.1, 0.15) is 5.66 Å². The third-order valence-corrected chi connectivity index (χ3v) is 5.20. The smallest absolute Gasteiger partial charge is 0.220 e. The molecule has 1 unspecified atom stereocenters. The number of alkyl halides is 1. The Morgan fingerprint density at radius 2 is 1.79 bits per heavy atom. The largest absolute Gasteiger partial charge is 0.384 e. The Labute approximate surface area is 174 Å². The molecule has 0 saturated heterocycles. The van der Waals surface area contributed by atoms with Crippen LogP contribution in [0.4, 0.5) is 11.4 Å². The predicted octanol–water partition coefficient (Wildman–Crippen LogP) is 3.68. The summed E-state index contributed by atoms with van der Waals surface area (Å²) in [6.45, 7) is 2.97. The average Bonchev–Trinajstić information content (AvgIpc) is 2.67. The van der Waals surface area contributed by atoms with Gasteiger partial charge in [-0.1, -0.05) is 46.3 Å². The van der Waals surface area contributed by atoms with Gasteiger partial charge < -0.3 is 16.8 Å². The zero-order chi connectivity index (χ0) is 20.0. The van der Waals surface area contributed by atoms with Gasteiger partial charge in [-0.05, 0) is 56.0 Å². The van der Waals surface area contributed by atoms with Crippen molar-refractivity contribution >= 4 is 39.2 Å². The van der Waals surface area contributed by atoms with Crippen molar-refractivity contribution in [1.82, 2.24) is 0 Å². The lowest BCUT2D eigenvalue weighted by atomic mass is 9.98. The van der Waals surface area contributed by atoms with E-state index >= 15 is 0 Å². The van der Waals surface area contributed by atoms with E-state index in [0.717, 1.165) is 42.5 Å². The van der Waals surface area contributed by atoms with Crippen molar-refractivity contribution in [3.05, 3.63) is 60.2 Å². The first-order chi connectivity index (χ1) is 13.5. The van der Waals surface area contributed by atoms with Gasteiger partial charge in [-0.2, -0.15) is 4.99 Å². The molecule has 1 atom stereocenters. The van der Waals surface area contributed by atoms with Gasteiger partial charge in [0.15, 0.2) is 0 Å². The Bertz CT molecular complexity index is 834. The van der Waals surface area contributed by atoms with Crippen molar-refractivity contribution in [1.29, 1.82) is 0 Å². The SMILES string of the molecule is CC1(CCCc2ccc(NCCBr)cc2)N=C(N)N=C(N)N1c1ccccc1. The summed E-state index contributed by atoms with van der Waals surface area (Å²) in [6.07, 6.45) is 2.73. The number of benzene rings is 2. The van der Waals surface area contributed by atoms with E-state index in [1.807, 2.05) is 35.2 Å². The van der Waals surface area contributed by atoms with Crippen molar-refractivity contribution in [2.24, 2.45) is 21.5 Å². The summed E-state index contributed by atoms with van der Waals surface area (Å²) in [4.78, 5) is 10.8. The molecule has 148 valence electrons. The minimum atomic E-state index is -0.561. The molecule has 0 bridgehead atoms. The number of guanidine groups is 2. The molecule has 1 aliphatic rings. The van der Waals surface area contributed by atoms with Gasteiger partial charge in [-0.3, -0.25) is 4.90 Å². The van der Waals surface area contributed by atoms with Crippen LogP contribution in [-0.2, 0) is 6.42 Å². The van der Waals surface area contributed by atoms with Gasteiger partial charge in [-0.15, -0.1) is 0 Å². The highest BCUT2D eigenvalue weighted by atomic mass is 79.9. The molecule has 0 aliphatic carbocycles. The summed E-state index contributed by atoms with van der Waals surface area (Å²) in [6, 6.07) is 18.5. The molecule has 1 heterocycles. The molecule has 2 aromatic rings. The second kappa shape index (κ2) is 9.10. The van der Waals surface area contributed by atoms with E-state index in [4.69, 9.17) is 11.5 Å². The lowest BCUT2D eigenvalue weighted by Crippen LogP contribution is -2.56. The summed E-state index contributed by atoms with van der Waals surface area (Å²) in [5, 5.41) is 4.29. The number of hydrogen-bond donors (Lipinski definition) is 3. The number of nitrogens with one attached hydrogen (secondary N) is 1. The highest BCUT2D eigenvalue weighted by Gasteiger charge is 2.36. The number of para-hydroxylation sites is 1. The van der Waals surface area contributed by atoms with E-state index in [2.05, 4.69) is 62.4 Å². The van der Waals surface area contributed by atoms with Gasteiger partial charge in [-0.25, -0.2) is 4.99 Å². The van der Waals surface area contributed by atoms with Crippen LogP contribution >= 0.6 is 15.9 Å². The fourth-order valence-corrected chi connectivity index (χ4v) is 3.70. The van der Waals surface area contributed by atoms with E-state index in [-0.39, 0.29) is 5.96 Å². The lowest BCUT2D eigenvalue weighted by molar-refractivity contribution is 0.430. The van der Waals surface area contributed by atoms with E-state index in [1.54, 1.807) is 0 Å². The zero-order valence-electron chi connectivity index (χ0n) is 16.1. The first-order valence-corrected chi connectivity index (χ1v) is 10.6. The first kappa shape index (κ1) is 20.2. The number of aryl methyl sites for hydroxylation is 1. The number of nitrogens with two attached hydrogens (primary N) is 2. The van der Waals surface area contributed by atoms with Crippen LogP contribution in [0, 0.1) is 0 Å². The van der Waals surface area contributed by atoms with Crippen molar-refractivity contribution in [3.63, 3.8) is 0 Å². The molecule has 0 amide bonds. The molecule has 0 spiro atoms. The van der Waals surface area contributed by atoms with Crippen LogP contribution in [0.5, 0.6) is 0 Å². The molecular weight excluding hydrogens is 416 g/mol. The highest BCUT2D eigenvalue weighted by Crippen LogP contribution is 2.31. The normalized spacial score (nSPS) is 19.1. The number of anilines is 2. The van der Waals surface area contributed by atoms with Gasteiger partial charge in [0, 0.05) is 23.2 Å². The number of nitrogens with zero attached hydrogens (tertiary/aromatic N) is 3. The summed E-state index contributed by atoms with van der Waals surface area (Å²) < 4.78 is 0. The topological polar surface area (TPSA) is 92.0 Å². The number of rotatable bonds is 8. The average molecular weight is 443 g/mol. The van der Waals surface area contributed by atoms with E-state index in [0.29, 0.717) is 5.96 Å². The summed E-state index contributed by atoms with van der Waals surface area (Å²) >= 11 is 3.43. The molecular formula is C21H27BrN6. The van der Waals surface area contributed by atoms with Gasteiger partial charge >= 0.3 is 0 Å². The van der Waals surface area contributed by atoms with E-state index < -0.39 is 5.66 Å². The standard InChI is InChI=1S/C21H27BrN6/c1-21(13-5-6-16-9-11-17(12-10-16)25-15-14-22)27-19(23)26-20(24)28(21)18-7-3-2-4-8-18/h2-4,7-12,25H,5-6,13-15H2,1H3,(H4,23,24,26,27). The van der Waals surface area contributed by atoms with Crippen LogP contribution in [0.15, 0.2) is 64.6 Å². The molecule has 0 fully saturated rings. The van der Waals surface area contributed by atoms with Crippen LogP contribution in [0.1, 0.15) is 25.3 Å². The monoisotopic (exact) mass is 442 g/mol. The van der Waals surface area contributed by atoms with Gasteiger partial charge in [0.05, 0.1) is 0 Å². The Balaban J connectivity index is 1.68. The quantitative estimate of drug-likeness (QED) is 0.543. The Morgan fingerprint density at radius 1 is 1.07 bits per heavy atom. The Kier molecular flexibility index (Phi) is 6.57. The Morgan fingerprint density at radius 3 is 2.46 bits per heavy atom. The van der Waals surface area contributed by atoms with Crippen LogP contribution in [0.2, 0.25) is 0 Å². The Hall–Kier alpha value is -2.54. The predicted molar refractivity (Wildman–Crippen MR) is 122 cm³/mol. The molecule has 0 radical (unpaired) electrons. The number of hydrogen-bond acceptors (Lipinski definition) is 6. The zero-order valence-corrected chi connectivity index (χ0v) is 17.7. The highest BCUT2D eigenvalue weighted by molar-refractivity contribution is 9.09. The van der Waals surface area contributed by atoms with Crippen molar-refractivity contribution < 1.29 is 0 Å². The maximum atomic E-state index is 6.22. The number of halogens is 1. The third-order valence-electron chi connectivity index (χ3n) is 4.80. The minimum Gasteiger partial charge on any atom is -0.384 e. The summed E-state index contributed by atoms with van der Waals surface area (Å²) in [5.74, 6) is 0.609. The molecule has 3 rings (SSSR count). The van der Waals surface area contributed by atoms with Crippen LogP contribution in [0.25, 0.3) is 0 Å². The van der Waals surface area contributed by atoms with Crippen molar-refractivity contribution in [3.8, 4) is 0 Å². The minimum absolute atomic E-state index is 0.231. The fraction of sp³-hybridized carbons (Fsp3) is 0.333. The first-order valence-electron chi connectivity index (χ1n) is 9.45. The van der Waals surface area contributed by atoms with Crippen LogP contribution in [0.3, 0.4) is 0 Å². The van der Waals surface area contributed by atoms with Crippen molar-refractivity contribution in [2.45, 2.75) is 31.8 Å². The van der Waals surface area contributed by atoms with Gasteiger partial charge in [0.2, 0.25) is 11.9 Å². The summed E-state index contributed by atoms with van der Waals surface area (Å²) in [5.41, 5.74) is 15.0. The molecule has 1 aliphatic heterocycles. The van der Waals surface area contributed by atoms with Gasteiger partial charge in [0.25, 0.3) is 0 Å². The third kappa shape index (κ3) is 4.84. The molecule has 2 aromatic carbocycles. The maximum Gasteiger partial charge on any atom is 0.220 e. The van der Waals surface area contributed by atoms with Crippen LogP contribution in [-0.4, -0.2) is 29.5 Å². The van der Waals surface area contributed by atoms with Crippen molar-refractivity contribution in [2.75, 3.05) is 22.1 Å². The summed E-state index contributed by atoms with van der Waals surface area (Å²) in [7, 11) is 0.